The van der Waals surface area contributed by atoms with Gasteiger partial charge in [0.2, 0.25) is 0 Å². The number of hydrogen-bond acceptors (Lipinski definition) is 3. The maximum absolute atomic E-state index is 4.21. The molecular formula is C13H19N3S. The number of nitrogens with one attached hydrogen (secondary N) is 1. The van der Waals surface area contributed by atoms with Crippen molar-refractivity contribution >= 4 is 11.3 Å². The molecule has 0 bridgehead atoms. The van der Waals surface area contributed by atoms with Gasteiger partial charge in [0.05, 0.1) is 24.3 Å². The largest absolute Gasteiger partial charge is 0.336 e. The van der Waals surface area contributed by atoms with E-state index in [1.165, 1.54) is 16.1 Å². The van der Waals surface area contributed by atoms with Crippen molar-refractivity contribution in [1.82, 2.24) is 14.9 Å². The Bertz CT molecular complexity index is 472. The molecule has 17 heavy (non-hydrogen) atoms. The van der Waals surface area contributed by atoms with Crippen LogP contribution in [0.1, 0.15) is 35.5 Å². The van der Waals surface area contributed by atoms with Crippen molar-refractivity contribution in [3.05, 3.63) is 40.1 Å². The van der Waals surface area contributed by atoms with Crippen molar-refractivity contribution in [2.75, 3.05) is 6.54 Å². The van der Waals surface area contributed by atoms with E-state index in [-0.39, 0.29) is 6.04 Å². The Morgan fingerprint density at radius 1 is 1.53 bits per heavy atom. The second-order valence-corrected chi connectivity index (χ2v) is 5.42. The average Bonchev–Trinajstić information content (AvgIpc) is 2.90. The van der Waals surface area contributed by atoms with Gasteiger partial charge >= 0.3 is 0 Å². The Balaban J connectivity index is 2.28. The molecule has 2 aromatic heterocycles. The molecule has 1 unspecified atom stereocenters. The van der Waals surface area contributed by atoms with Gasteiger partial charge in [0.15, 0.2) is 0 Å². The summed E-state index contributed by atoms with van der Waals surface area (Å²) >= 11 is 1.80. The molecule has 0 radical (unpaired) electrons. The summed E-state index contributed by atoms with van der Waals surface area (Å²) in [4.78, 5) is 5.56. The fraction of sp³-hybridized carbons (Fsp3) is 0.462. The van der Waals surface area contributed by atoms with E-state index in [0.717, 1.165) is 13.0 Å². The van der Waals surface area contributed by atoms with Crippen LogP contribution in [0.25, 0.3) is 0 Å². The van der Waals surface area contributed by atoms with Gasteiger partial charge in [-0.15, -0.1) is 11.3 Å². The van der Waals surface area contributed by atoms with Gasteiger partial charge in [-0.3, -0.25) is 0 Å². The molecule has 0 amide bonds. The van der Waals surface area contributed by atoms with Crippen LogP contribution in [0.15, 0.2) is 24.0 Å². The normalized spacial score (nSPS) is 12.9. The van der Waals surface area contributed by atoms with Crippen molar-refractivity contribution < 1.29 is 0 Å². The van der Waals surface area contributed by atoms with Crippen molar-refractivity contribution in [1.29, 1.82) is 0 Å². The zero-order valence-corrected chi connectivity index (χ0v) is 11.4. The zero-order valence-electron chi connectivity index (χ0n) is 10.6. The highest BCUT2D eigenvalue weighted by molar-refractivity contribution is 7.10. The van der Waals surface area contributed by atoms with E-state index in [1.54, 1.807) is 11.3 Å². The first kappa shape index (κ1) is 12.3. The minimum atomic E-state index is 0.257. The van der Waals surface area contributed by atoms with Crippen LogP contribution in [-0.2, 0) is 7.05 Å². The van der Waals surface area contributed by atoms with E-state index < -0.39 is 0 Å². The smallest absolute Gasteiger partial charge is 0.0946 e. The first-order chi connectivity index (χ1) is 8.22. The standard InChI is InChI=1S/C13H19N3S/c1-4-5-15-13(11-6-10(2)17-8-11)12-7-14-9-16(12)3/h6-9,13,15H,4-5H2,1-3H3. The van der Waals surface area contributed by atoms with Gasteiger partial charge in [-0.2, -0.15) is 0 Å². The number of aromatic nitrogens is 2. The molecule has 1 atom stereocenters. The maximum Gasteiger partial charge on any atom is 0.0946 e. The highest BCUT2D eigenvalue weighted by atomic mass is 32.1. The predicted molar refractivity (Wildman–Crippen MR) is 72.4 cm³/mol. The number of thiophene rings is 1. The molecule has 0 aliphatic carbocycles. The highest BCUT2D eigenvalue weighted by Crippen LogP contribution is 2.25. The van der Waals surface area contributed by atoms with Crippen molar-refractivity contribution in [3.63, 3.8) is 0 Å². The van der Waals surface area contributed by atoms with Crippen molar-refractivity contribution in [2.24, 2.45) is 7.05 Å². The number of imidazole rings is 1. The van der Waals surface area contributed by atoms with Crippen LogP contribution in [0.2, 0.25) is 0 Å². The van der Waals surface area contributed by atoms with Crippen LogP contribution < -0.4 is 5.32 Å². The summed E-state index contributed by atoms with van der Waals surface area (Å²) < 4.78 is 2.08. The number of aryl methyl sites for hydroxylation is 2. The van der Waals surface area contributed by atoms with Gasteiger partial charge in [0.1, 0.15) is 0 Å². The quantitative estimate of drug-likeness (QED) is 0.883. The first-order valence-corrected chi connectivity index (χ1v) is 6.85. The topological polar surface area (TPSA) is 29.9 Å². The van der Waals surface area contributed by atoms with Crippen LogP contribution in [0.3, 0.4) is 0 Å². The second kappa shape index (κ2) is 5.47. The number of rotatable bonds is 5. The first-order valence-electron chi connectivity index (χ1n) is 5.97. The average molecular weight is 249 g/mol. The molecule has 0 fully saturated rings. The van der Waals surface area contributed by atoms with E-state index in [2.05, 4.69) is 40.2 Å². The molecule has 0 saturated heterocycles. The fourth-order valence-corrected chi connectivity index (χ4v) is 2.67. The van der Waals surface area contributed by atoms with E-state index in [1.807, 2.05) is 19.6 Å². The Morgan fingerprint density at radius 2 is 2.35 bits per heavy atom. The monoisotopic (exact) mass is 249 g/mol. The lowest BCUT2D eigenvalue weighted by Gasteiger charge is -2.18. The molecule has 0 aliphatic rings. The van der Waals surface area contributed by atoms with E-state index >= 15 is 0 Å². The van der Waals surface area contributed by atoms with Gasteiger partial charge in [-0.1, -0.05) is 6.92 Å². The van der Waals surface area contributed by atoms with Crippen LogP contribution in [0.5, 0.6) is 0 Å². The lowest BCUT2D eigenvalue weighted by molar-refractivity contribution is 0.570. The zero-order chi connectivity index (χ0) is 12.3. The van der Waals surface area contributed by atoms with Gasteiger partial charge in [0.25, 0.3) is 0 Å². The molecule has 0 spiro atoms. The maximum atomic E-state index is 4.21. The van der Waals surface area contributed by atoms with E-state index in [4.69, 9.17) is 0 Å². The Labute approximate surface area is 107 Å². The fourth-order valence-electron chi connectivity index (χ4n) is 1.94. The second-order valence-electron chi connectivity index (χ2n) is 4.31. The third kappa shape index (κ3) is 2.76. The summed E-state index contributed by atoms with van der Waals surface area (Å²) in [5, 5.41) is 5.82. The molecular weight excluding hydrogens is 230 g/mol. The third-order valence-electron chi connectivity index (χ3n) is 2.83. The number of nitrogens with zero attached hydrogens (tertiary/aromatic N) is 2. The summed E-state index contributed by atoms with van der Waals surface area (Å²) in [6, 6.07) is 2.51. The van der Waals surface area contributed by atoms with E-state index in [0.29, 0.717) is 0 Å². The molecule has 92 valence electrons. The molecule has 2 rings (SSSR count). The highest BCUT2D eigenvalue weighted by Gasteiger charge is 2.17. The van der Waals surface area contributed by atoms with Crippen LogP contribution in [0, 0.1) is 6.92 Å². The van der Waals surface area contributed by atoms with Crippen LogP contribution >= 0.6 is 11.3 Å². The molecule has 1 N–H and O–H groups in total. The molecule has 0 aliphatic heterocycles. The van der Waals surface area contributed by atoms with Crippen LogP contribution in [0.4, 0.5) is 0 Å². The SMILES string of the molecule is CCCNC(c1csc(C)c1)c1cncn1C. The number of hydrogen-bond donors (Lipinski definition) is 1. The minimum absolute atomic E-state index is 0.257. The molecule has 4 heteroatoms. The summed E-state index contributed by atoms with van der Waals surface area (Å²) in [6.07, 6.45) is 4.94. The summed E-state index contributed by atoms with van der Waals surface area (Å²) in [6.45, 7) is 5.35. The lowest BCUT2D eigenvalue weighted by Crippen LogP contribution is -2.24. The Hall–Kier alpha value is -1.13. The summed E-state index contributed by atoms with van der Waals surface area (Å²) in [5.41, 5.74) is 2.56. The molecule has 2 aromatic rings. The Morgan fingerprint density at radius 3 is 2.88 bits per heavy atom. The molecule has 2 heterocycles. The molecule has 0 saturated carbocycles. The summed E-state index contributed by atoms with van der Waals surface area (Å²) in [5.74, 6) is 0. The van der Waals surface area contributed by atoms with Crippen LogP contribution in [-0.4, -0.2) is 16.1 Å². The Kier molecular flexibility index (Phi) is 3.97. The molecule has 0 aromatic carbocycles. The predicted octanol–water partition coefficient (Wildman–Crippen LogP) is 2.88. The third-order valence-corrected chi connectivity index (χ3v) is 3.71. The van der Waals surface area contributed by atoms with Gasteiger partial charge in [-0.25, -0.2) is 4.98 Å². The van der Waals surface area contributed by atoms with Gasteiger partial charge in [-0.05, 0) is 36.9 Å². The van der Waals surface area contributed by atoms with Gasteiger partial charge < -0.3 is 9.88 Å². The van der Waals surface area contributed by atoms with Crippen molar-refractivity contribution in [3.8, 4) is 0 Å². The summed E-state index contributed by atoms with van der Waals surface area (Å²) in [7, 11) is 2.04. The molecule has 3 nitrogen and oxygen atoms in total. The van der Waals surface area contributed by atoms with Gasteiger partial charge in [0, 0.05) is 11.9 Å². The van der Waals surface area contributed by atoms with Crippen molar-refractivity contribution in [2.45, 2.75) is 26.3 Å². The lowest BCUT2D eigenvalue weighted by atomic mass is 10.1. The van der Waals surface area contributed by atoms with E-state index in [9.17, 15) is 0 Å². The minimum Gasteiger partial charge on any atom is -0.336 e.